The van der Waals surface area contributed by atoms with Crippen LogP contribution in [-0.4, -0.2) is 17.1 Å². The first-order chi connectivity index (χ1) is 22.6. The smallest absolute Gasteiger partial charge is 0.160 e. The maximum Gasteiger partial charge on any atom is 0.160 e. The summed E-state index contributed by atoms with van der Waals surface area (Å²) < 4.78 is 12.7. The number of nitrogens with one attached hydrogen (secondary N) is 1. The lowest BCUT2D eigenvalue weighted by Crippen LogP contribution is -2.19. The Bertz CT molecular complexity index is 2210. The molecular formula is C40H28BrN3O2. The molecule has 222 valence electrons. The molecule has 1 atom stereocenters. The molecule has 1 unspecified atom stereocenters. The minimum absolute atomic E-state index is 0.0266. The molecule has 3 heterocycles. The Morgan fingerprint density at radius 2 is 1.30 bits per heavy atom. The van der Waals surface area contributed by atoms with Crippen molar-refractivity contribution in [3.63, 3.8) is 0 Å². The first-order valence-corrected chi connectivity index (χ1v) is 15.9. The van der Waals surface area contributed by atoms with Crippen LogP contribution in [0.2, 0.25) is 0 Å². The Hall–Kier alpha value is -5.46. The average Bonchev–Trinajstić information content (AvgIpc) is 3.50. The fourth-order valence-corrected chi connectivity index (χ4v) is 6.28. The van der Waals surface area contributed by atoms with E-state index in [1.165, 1.54) is 0 Å². The first kappa shape index (κ1) is 28.0. The molecule has 1 aliphatic heterocycles. The van der Waals surface area contributed by atoms with Crippen LogP contribution in [0.25, 0.3) is 62.1 Å². The van der Waals surface area contributed by atoms with E-state index in [1.54, 1.807) is 7.11 Å². The summed E-state index contributed by atoms with van der Waals surface area (Å²) in [5.41, 5.74) is 10.2. The van der Waals surface area contributed by atoms with Gasteiger partial charge in [-0.2, -0.15) is 0 Å². The van der Waals surface area contributed by atoms with Crippen LogP contribution in [0.1, 0.15) is 22.9 Å². The van der Waals surface area contributed by atoms with Crippen molar-refractivity contribution in [2.75, 3.05) is 7.11 Å². The molecule has 0 fully saturated rings. The quantitative estimate of drug-likeness (QED) is 0.192. The second-order valence-electron chi connectivity index (χ2n) is 11.2. The lowest BCUT2D eigenvalue weighted by atomic mass is 9.92. The van der Waals surface area contributed by atoms with Crippen LogP contribution in [0.15, 0.2) is 142 Å². The van der Waals surface area contributed by atoms with Gasteiger partial charge in [-0.05, 0) is 59.2 Å². The molecule has 0 bridgehead atoms. The maximum absolute atomic E-state index is 6.16. The Labute approximate surface area is 275 Å². The van der Waals surface area contributed by atoms with Gasteiger partial charge in [0.05, 0.1) is 24.5 Å². The summed E-state index contributed by atoms with van der Waals surface area (Å²) in [6.07, 6.45) is 3.94. The van der Waals surface area contributed by atoms with Crippen LogP contribution in [0.4, 0.5) is 0 Å². The van der Waals surface area contributed by atoms with Crippen LogP contribution < -0.4 is 10.1 Å². The lowest BCUT2D eigenvalue weighted by molar-refractivity contribution is 0.415. The van der Waals surface area contributed by atoms with E-state index in [0.717, 1.165) is 77.3 Å². The molecule has 1 N–H and O–H groups in total. The van der Waals surface area contributed by atoms with E-state index in [-0.39, 0.29) is 6.04 Å². The molecule has 0 aliphatic carbocycles. The number of ether oxygens (including phenoxy) is 1. The number of fused-ring (bicyclic) bond motifs is 3. The van der Waals surface area contributed by atoms with Gasteiger partial charge >= 0.3 is 0 Å². The molecule has 6 heteroatoms. The van der Waals surface area contributed by atoms with Crippen molar-refractivity contribution < 1.29 is 9.15 Å². The molecule has 0 radical (unpaired) electrons. The molecular weight excluding hydrogens is 634 g/mol. The molecule has 1 aliphatic rings. The molecule has 46 heavy (non-hydrogen) atoms. The zero-order valence-corrected chi connectivity index (χ0v) is 26.5. The number of hydrogen-bond donors (Lipinski definition) is 1. The lowest BCUT2D eigenvalue weighted by Gasteiger charge is -2.21. The summed E-state index contributed by atoms with van der Waals surface area (Å²) in [6.45, 7) is 0. The zero-order chi connectivity index (χ0) is 31.0. The molecule has 5 aromatic carbocycles. The zero-order valence-electron chi connectivity index (χ0n) is 24.9. The largest absolute Gasteiger partial charge is 0.497 e. The Balaban J connectivity index is 1.10. The molecule has 7 aromatic rings. The molecule has 2 aromatic heterocycles. The predicted octanol–water partition coefficient (Wildman–Crippen LogP) is 10.3. The normalized spacial score (nSPS) is 13.7. The van der Waals surface area contributed by atoms with Gasteiger partial charge in [0.2, 0.25) is 0 Å². The highest BCUT2D eigenvalue weighted by atomic mass is 79.9. The molecule has 8 rings (SSSR count). The van der Waals surface area contributed by atoms with Gasteiger partial charge < -0.3 is 14.5 Å². The number of aromatic nitrogens is 2. The van der Waals surface area contributed by atoms with Crippen molar-refractivity contribution in [1.29, 1.82) is 0 Å². The number of benzene rings is 5. The third-order valence-corrected chi connectivity index (χ3v) is 8.93. The Morgan fingerprint density at radius 3 is 1.98 bits per heavy atom. The van der Waals surface area contributed by atoms with E-state index in [4.69, 9.17) is 19.1 Å². The van der Waals surface area contributed by atoms with Gasteiger partial charge in [0.1, 0.15) is 17.1 Å². The highest BCUT2D eigenvalue weighted by Crippen LogP contribution is 2.39. The number of nitrogens with zero attached hydrogens (tertiary/aromatic N) is 2. The van der Waals surface area contributed by atoms with Crippen LogP contribution in [-0.2, 0) is 0 Å². The molecule has 0 saturated heterocycles. The fraction of sp³-hybridized carbons (Fsp3) is 0.0500. The van der Waals surface area contributed by atoms with Gasteiger partial charge in [-0.25, -0.2) is 9.97 Å². The summed E-state index contributed by atoms with van der Waals surface area (Å²) in [7, 11) is 1.69. The maximum atomic E-state index is 6.16. The summed E-state index contributed by atoms with van der Waals surface area (Å²) in [5.74, 6) is 2.38. The van der Waals surface area contributed by atoms with E-state index in [9.17, 15) is 0 Å². The number of rotatable bonds is 6. The molecule has 5 nitrogen and oxygen atoms in total. The van der Waals surface area contributed by atoms with Crippen molar-refractivity contribution in [1.82, 2.24) is 15.3 Å². The fourth-order valence-electron chi connectivity index (χ4n) is 6.01. The van der Waals surface area contributed by atoms with E-state index >= 15 is 0 Å². The molecule has 0 amide bonds. The second kappa shape index (κ2) is 11.8. The van der Waals surface area contributed by atoms with Crippen molar-refractivity contribution in [2.24, 2.45) is 0 Å². The van der Waals surface area contributed by atoms with Gasteiger partial charge in [-0.3, -0.25) is 0 Å². The van der Waals surface area contributed by atoms with Crippen molar-refractivity contribution in [3.8, 4) is 50.8 Å². The van der Waals surface area contributed by atoms with Crippen molar-refractivity contribution in [2.45, 2.75) is 6.04 Å². The minimum Gasteiger partial charge on any atom is -0.497 e. The van der Waals surface area contributed by atoms with Gasteiger partial charge in [0.25, 0.3) is 0 Å². The number of methoxy groups -OCH3 is 1. The number of furan rings is 1. The number of hydrogen-bond acceptors (Lipinski definition) is 5. The first-order valence-electron chi connectivity index (χ1n) is 15.1. The molecule has 0 saturated carbocycles. The van der Waals surface area contributed by atoms with Crippen LogP contribution in [0.3, 0.4) is 0 Å². The second-order valence-corrected chi connectivity index (χ2v) is 12.1. The summed E-state index contributed by atoms with van der Waals surface area (Å²) in [6, 6.07) is 43.6. The minimum atomic E-state index is -0.0266. The highest BCUT2D eigenvalue weighted by molar-refractivity contribution is 9.10. The standard InChI is InChI=1S/C40H28BrN3O2/c1-45-32-19-20-36-33(23-32)38-37(46-36)21-22-42-39(38)29-13-9-26(10-14-29)25-7-11-27(12-8-25)34-24-35(28-15-17-31(41)18-16-28)44-40(43-34)30-5-3-2-4-6-30/h2-24,39,42H,1H3. The van der Waals surface area contributed by atoms with Crippen LogP contribution in [0, 0.1) is 0 Å². The average molecular weight is 663 g/mol. The summed E-state index contributed by atoms with van der Waals surface area (Å²) >= 11 is 3.54. The number of halogens is 1. The SMILES string of the molecule is COc1ccc2oc3c(c2c1)C(c1ccc(-c2ccc(-c4cc(-c5ccc(Br)cc5)nc(-c5ccccc5)n4)cc2)cc1)NC=C3. The summed E-state index contributed by atoms with van der Waals surface area (Å²) in [4.78, 5) is 9.91. The third kappa shape index (κ3) is 5.27. The van der Waals surface area contributed by atoms with E-state index in [0.29, 0.717) is 5.82 Å². The topological polar surface area (TPSA) is 60.2 Å². The van der Waals surface area contributed by atoms with Crippen LogP contribution in [0.5, 0.6) is 5.75 Å². The van der Waals surface area contributed by atoms with Gasteiger partial charge in [-0.1, -0.05) is 107 Å². The monoisotopic (exact) mass is 661 g/mol. The Kier molecular flexibility index (Phi) is 7.20. The van der Waals surface area contributed by atoms with Crippen molar-refractivity contribution >= 4 is 33.0 Å². The predicted molar refractivity (Wildman–Crippen MR) is 188 cm³/mol. The van der Waals surface area contributed by atoms with E-state index < -0.39 is 0 Å². The van der Waals surface area contributed by atoms with E-state index in [1.807, 2.05) is 72.9 Å². The Morgan fingerprint density at radius 1 is 0.674 bits per heavy atom. The van der Waals surface area contributed by atoms with Crippen molar-refractivity contribution in [3.05, 3.63) is 155 Å². The van der Waals surface area contributed by atoms with Gasteiger partial charge in [0, 0.05) is 38.3 Å². The van der Waals surface area contributed by atoms with Crippen LogP contribution >= 0.6 is 15.9 Å². The summed E-state index contributed by atoms with van der Waals surface area (Å²) in [5, 5.41) is 4.59. The third-order valence-electron chi connectivity index (χ3n) is 8.40. The van der Waals surface area contributed by atoms with Gasteiger partial charge in [-0.15, -0.1) is 0 Å². The highest BCUT2D eigenvalue weighted by Gasteiger charge is 2.25. The molecule has 0 spiro atoms. The van der Waals surface area contributed by atoms with Gasteiger partial charge in [0.15, 0.2) is 5.82 Å². The van der Waals surface area contributed by atoms with E-state index in [2.05, 4.69) is 88.0 Å².